The van der Waals surface area contributed by atoms with E-state index in [4.69, 9.17) is 0 Å². The van der Waals surface area contributed by atoms with Gasteiger partial charge in [0.15, 0.2) is 0 Å². The quantitative estimate of drug-likeness (QED) is 0.698. The van der Waals surface area contributed by atoms with Crippen molar-refractivity contribution in [2.45, 2.75) is 78.7 Å². The summed E-state index contributed by atoms with van der Waals surface area (Å²) in [6.07, 6.45) is 11.7. The van der Waals surface area contributed by atoms with Crippen LogP contribution in [0.5, 0.6) is 0 Å². The Bertz CT molecular complexity index is 496. The van der Waals surface area contributed by atoms with Gasteiger partial charge in [-0.1, -0.05) is 58.8 Å². The molecular weight excluding hydrogens is 256 g/mol. The number of fused-ring (bicyclic) bond motifs is 3. The molecule has 0 unspecified atom stereocenters. The third-order valence-electron chi connectivity index (χ3n) is 7.18. The van der Waals surface area contributed by atoms with Crippen molar-refractivity contribution < 1.29 is 5.11 Å². The molecule has 0 aromatic rings. The maximum atomic E-state index is 11.6. The molecule has 3 atom stereocenters. The maximum Gasteiger partial charge on any atom is 0.0791 e. The van der Waals surface area contributed by atoms with Crippen molar-refractivity contribution in [2.75, 3.05) is 0 Å². The van der Waals surface area contributed by atoms with Gasteiger partial charge in [-0.2, -0.15) is 0 Å². The van der Waals surface area contributed by atoms with Crippen LogP contribution in [0.4, 0.5) is 0 Å². The van der Waals surface area contributed by atoms with Crippen LogP contribution in [-0.2, 0) is 0 Å². The molecule has 3 aliphatic carbocycles. The first-order chi connectivity index (χ1) is 9.71. The zero-order chi connectivity index (χ0) is 15.5. The molecule has 0 amide bonds. The SMILES string of the molecule is CC(C)C1=CC2=CC[C@]3(O)C(C)(C)CCC[C@@]3(C)[C@@H]2CC1. The summed E-state index contributed by atoms with van der Waals surface area (Å²) in [5.41, 5.74) is 2.67. The number of allylic oxidation sites excluding steroid dienone is 3. The largest absolute Gasteiger partial charge is 0.388 e. The van der Waals surface area contributed by atoms with Gasteiger partial charge in [0.1, 0.15) is 0 Å². The molecule has 1 N–H and O–H groups in total. The minimum Gasteiger partial charge on any atom is -0.388 e. The molecule has 1 fully saturated rings. The highest BCUT2D eigenvalue weighted by Crippen LogP contribution is 2.64. The van der Waals surface area contributed by atoms with Gasteiger partial charge in [-0.25, -0.2) is 0 Å². The van der Waals surface area contributed by atoms with Crippen LogP contribution in [0.2, 0.25) is 0 Å². The predicted octanol–water partition coefficient (Wildman–Crippen LogP) is 5.26. The van der Waals surface area contributed by atoms with Crippen LogP contribution < -0.4 is 0 Å². The Labute approximate surface area is 130 Å². The van der Waals surface area contributed by atoms with Gasteiger partial charge in [-0.05, 0) is 54.9 Å². The Hall–Kier alpha value is -0.560. The second-order valence-electron chi connectivity index (χ2n) is 8.89. The van der Waals surface area contributed by atoms with E-state index < -0.39 is 5.60 Å². The highest BCUT2D eigenvalue weighted by Gasteiger charge is 2.62. The number of aliphatic hydroxyl groups is 1. The number of hydrogen-bond acceptors (Lipinski definition) is 1. The third-order valence-corrected chi connectivity index (χ3v) is 7.18. The van der Waals surface area contributed by atoms with E-state index in [0.29, 0.717) is 11.8 Å². The molecule has 0 radical (unpaired) electrons. The molecule has 1 heteroatoms. The number of rotatable bonds is 1. The highest BCUT2D eigenvalue weighted by molar-refractivity contribution is 5.37. The van der Waals surface area contributed by atoms with Crippen molar-refractivity contribution in [3.63, 3.8) is 0 Å². The second-order valence-corrected chi connectivity index (χ2v) is 8.89. The number of hydrogen-bond donors (Lipinski definition) is 1. The van der Waals surface area contributed by atoms with E-state index in [1.54, 1.807) is 5.57 Å². The van der Waals surface area contributed by atoms with Gasteiger partial charge in [0, 0.05) is 5.41 Å². The summed E-state index contributed by atoms with van der Waals surface area (Å²) < 4.78 is 0. The lowest BCUT2D eigenvalue weighted by Crippen LogP contribution is -2.63. The van der Waals surface area contributed by atoms with E-state index in [2.05, 4.69) is 46.8 Å². The minimum absolute atomic E-state index is 0.0318. The van der Waals surface area contributed by atoms with E-state index in [1.165, 1.54) is 31.3 Å². The van der Waals surface area contributed by atoms with Crippen molar-refractivity contribution in [3.8, 4) is 0 Å². The molecular formula is C20H32O. The lowest BCUT2D eigenvalue weighted by atomic mass is 9.44. The van der Waals surface area contributed by atoms with Crippen molar-refractivity contribution in [1.29, 1.82) is 0 Å². The van der Waals surface area contributed by atoms with Crippen molar-refractivity contribution in [2.24, 2.45) is 22.7 Å². The van der Waals surface area contributed by atoms with Crippen molar-refractivity contribution in [3.05, 3.63) is 23.3 Å². The van der Waals surface area contributed by atoms with E-state index >= 15 is 0 Å². The third kappa shape index (κ3) is 2.00. The zero-order valence-electron chi connectivity index (χ0n) is 14.5. The summed E-state index contributed by atoms with van der Waals surface area (Å²) >= 11 is 0. The fourth-order valence-electron chi connectivity index (χ4n) is 5.53. The summed E-state index contributed by atoms with van der Waals surface area (Å²) in [6, 6.07) is 0. The molecule has 0 aliphatic heterocycles. The summed E-state index contributed by atoms with van der Waals surface area (Å²) in [4.78, 5) is 0. The molecule has 0 spiro atoms. The monoisotopic (exact) mass is 288 g/mol. The van der Waals surface area contributed by atoms with Crippen LogP contribution in [0.15, 0.2) is 23.3 Å². The summed E-state index contributed by atoms with van der Waals surface area (Å²) in [5, 5.41) is 11.6. The fourth-order valence-corrected chi connectivity index (χ4v) is 5.53. The van der Waals surface area contributed by atoms with Crippen LogP contribution in [0.1, 0.15) is 73.1 Å². The molecule has 3 aliphatic rings. The Morgan fingerprint density at radius 2 is 1.90 bits per heavy atom. The summed E-state index contributed by atoms with van der Waals surface area (Å²) in [5.74, 6) is 1.21. The van der Waals surface area contributed by atoms with Crippen LogP contribution in [0.3, 0.4) is 0 Å². The molecule has 3 rings (SSSR count). The summed E-state index contributed by atoms with van der Waals surface area (Å²) in [7, 11) is 0. The van der Waals surface area contributed by atoms with Gasteiger partial charge in [-0.3, -0.25) is 0 Å². The van der Waals surface area contributed by atoms with Gasteiger partial charge in [0.2, 0.25) is 0 Å². The first-order valence-electron chi connectivity index (χ1n) is 8.84. The maximum absolute atomic E-state index is 11.6. The smallest absolute Gasteiger partial charge is 0.0791 e. The van der Waals surface area contributed by atoms with Crippen LogP contribution in [-0.4, -0.2) is 10.7 Å². The average molecular weight is 288 g/mol. The molecule has 0 aromatic heterocycles. The predicted molar refractivity (Wildman–Crippen MR) is 89.0 cm³/mol. The molecule has 21 heavy (non-hydrogen) atoms. The minimum atomic E-state index is -0.532. The molecule has 0 bridgehead atoms. The fraction of sp³-hybridized carbons (Fsp3) is 0.800. The van der Waals surface area contributed by atoms with E-state index in [9.17, 15) is 5.11 Å². The first kappa shape index (κ1) is 15.3. The van der Waals surface area contributed by atoms with E-state index in [0.717, 1.165) is 12.8 Å². The summed E-state index contributed by atoms with van der Waals surface area (Å²) in [6.45, 7) is 11.5. The van der Waals surface area contributed by atoms with Crippen molar-refractivity contribution >= 4 is 0 Å². The molecule has 1 nitrogen and oxygen atoms in total. The molecule has 0 aromatic carbocycles. The molecule has 0 saturated heterocycles. The topological polar surface area (TPSA) is 20.2 Å². The Morgan fingerprint density at radius 3 is 2.57 bits per heavy atom. The molecule has 0 heterocycles. The van der Waals surface area contributed by atoms with Crippen LogP contribution >= 0.6 is 0 Å². The average Bonchev–Trinajstić information content (AvgIpc) is 2.41. The van der Waals surface area contributed by atoms with Gasteiger partial charge in [-0.15, -0.1) is 0 Å². The van der Waals surface area contributed by atoms with Crippen LogP contribution in [0.25, 0.3) is 0 Å². The Balaban J connectivity index is 2.04. The van der Waals surface area contributed by atoms with E-state index in [-0.39, 0.29) is 10.8 Å². The lowest BCUT2D eigenvalue weighted by molar-refractivity contribution is -0.203. The van der Waals surface area contributed by atoms with Gasteiger partial charge in [0.25, 0.3) is 0 Å². The van der Waals surface area contributed by atoms with Crippen LogP contribution in [0, 0.1) is 22.7 Å². The molecule has 118 valence electrons. The molecule has 1 saturated carbocycles. The van der Waals surface area contributed by atoms with Gasteiger partial charge < -0.3 is 5.11 Å². The van der Waals surface area contributed by atoms with Gasteiger partial charge >= 0.3 is 0 Å². The normalized spacial score (nSPS) is 42.0. The Morgan fingerprint density at radius 1 is 1.19 bits per heavy atom. The zero-order valence-corrected chi connectivity index (χ0v) is 14.5. The highest BCUT2D eigenvalue weighted by atomic mass is 16.3. The van der Waals surface area contributed by atoms with E-state index in [1.807, 2.05) is 0 Å². The first-order valence-corrected chi connectivity index (χ1v) is 8.84. The van der Waals surface area contributed by atoms with Crippen molar-refractivity contribution in [1.82, 2.24) is 0 Å². The standard InChI is InChI=1S/C20H32O/c1-14(2)15-7-8-17-16(13-15)9-12-20(21)18(3,4)10-6-11-19(17,20)5/h9,13-14,17,21H,6-8,10-12H2,1-5H3/t17-,19+,20+/m1/s1. The second kappa shape index (κ2) is 4.72. The Kier molecular flexibility index (Phi) is 3.44. The lowest BCUT2D eigenvalue weighted by Gasteiger charge is -2.63. The van der Waals surface area contributed by atoms with Gasteiger partial charge in [0.05, 0.1) is 5.60 Å².